The van der Waals surface area contributed by atoms with Crippen LogP contribution in [-0.4, -0.2) is 97.1 Å². The van der Waals surface area contributed by atoms with E-state index in [4.69, 9.17) is 14.1 Å². The van der Waals surface area contributed by atoms with Crippen molar-refractivity contribution in [1.29, 1.82) is 0 Å². The zero-order valence-corrected chi connectivity index (χ0v) is 29.9. The van der Waals surface area contributed by atoms with Crippen molar-refractivity contribution in [3.05, 3.63) is 95.3 Å². The summed E-state index contributed by atoms with van der Waals surface area (Å²) in [4.78, 5) is 65.7. The summed E-state index contributed by atoms with van der Waals surface area (Å²) in [6.45, 7) is 5.68. The minimum absolute atomic E-state index is 0.000517. The fourth-order valence-corrected chi connectivity index (χ4v) is 7.01. The van der Waals surface area contributed by atoms with E-state index in [0.717, 1.165) is 27.8 Å². The average molecular weight is 722 g/mol. The van der Waals surface area contributed by atoms with Crippen molar-refractivity contribution < 1.29 is 28.3 Å². The fraction of sp³-hybridized carbons (Fsp3) is 0.395. The number of nitrogens with one attached hydrogen (secondary N) is 2. The molecule has 4 amide bonds. The van der Waals surface area contributed by atoms with Gasteiger partial charge in [-0.1, -0.05) is 24.3 Å². The van der Waals surface area contributed by atoms with Crippen molar-refractivity contribution in [2.75, 3.05) is 39.3 Å². The summed E-state index contributed by atoms with van der Waals surface area (Å²) >= 11 is 0. The molecule has 2 N–H and O–H groups in total. The largest absolute Gasteiger partial charge is 0.494 e. The number of hydrogen-bond acceptors (Lipinski definition) is 9. The van der Waals surface area contributed by atoms with Crippen LogP contribution in [0, 0.1) is 13.8 Å². The third kappa shape index (κ3) is 7.93. The summed E-state index contributed by atoms with van der Waals surface area (Å²) in [6.07, 6.45) is 6.42. The molecular weight excluding hydrogens is 678 g/mol. The molecule has 0 radical (unpaired) electrons. The molecule has 3 aromatic heterocycles. The Bertz CT molecular complexity index is 2120. The molecule has 1 atom stereocenters. The smallest absolute Gasteiger partial charge is 0.290 e. The first-order valence-electron chi connectivity index (χ1n) is 18.0. The average Bonchev–Trinajstić information content (AvgIpc) is 3.89. The molecule has 1 unspecified atom stereocenters. The second kappa shape index (κ2) is 15.7. The molecule has 0 saturated carbocycles. The molecule has 53 heavy (non-hydrogen) atoms. The van der Waals surface area contributed by atoms with E-state index in [9.17, 15) is 19.2 Å². The summed E-state index contributed by atoms with van der Waals surface area (Å²) in [5.74, 6) is -0.0927. The summed E-state index contributed by atoms with van der Waals surface area (Å²) in [5.41, 5.74) is 4.83. The predicted molar refractivity (Wildman–Crippen MR) is 193 cm³/mol. The normalized spacial score (nSPS) is 17.2. The number of nitrogens with zero attached hydrogens (tertiary/aromatic N) is 7. The zero-order chi connectivity index (χ0) is 36.9. The lowest BCUT2D eigenvalue weighted by atomic mass is 9.94. The van der Waals surface area contributed by atoms with E-state index in [2.05, 4.69) is 20.7 Å². The Labute approximate surface area is 306 Å². The number of rotatable bonds is 5. The first kappa shape index (κ1) is 35.4. The van der Waals surface area contributed by atoms with Gasteiger partial charge in [0.25, 0.3) is 5.91 Å². The molecule has 5 heterocycles. The second-order valence-corrected chi connectivity index (χ2v) is 13.5. The van der Waals surface area contributed by atoms with E-state index >= 15 is 0 Å². The van der Waals surface area contributed by atoms with Crippen molar-refractivity contribution in [3.63, 3.8) is 0 Å². The van der Waals surface area contributed by atoms with E-state index < -0.39 is 6.04 Å². The molecule has 15 nitrogen and oxygen atoms in total. The van der Waals surface area contributed by atoms with Crippen LogP contribution in [0.3, 0.4) is 0 Å². The lowest BCUT2D eigenvalue weighted by Crippen LogP contribution is -2.45. The van der Waals surface area contributed by atoms with Gasteiger partial charge >= 0.3 is 0 Å². The molecule has 276 valence electrons. The highest BCUT2D eigenvalue weighted by atomic mass is 16.5. The monoisotopic (exact) mass is 721 g/mol. The molecule has 0 aliphatic carbocycles. The summed E-state index contributed by atoms with van der Waals surface area (Å²) in [6, 6.07) is 12.9. The number of carbonyl (C=O) groups excluding carboxylic acids is 4. The van der Waals surface area contributed by atoms with Gasteiger partial charge in [-0.25, -0.2) is 9.97 Å². The van der Waals surface area contributed by atoms with Crippen LogP contribution in [0.2, 0.25) is 0 Å². The van der Waals surface area contributed by atoms with Crippen LogP contribution in [0.1, 0.15) is 63.9 Å². The molecule has 5 aromatic rings. The molecule has 0 spiro atoms. The lowest BCUT2D eigenvalue weighted by molar-refractivity contribution is -0.136. The third-order valence-electron chi connectivity index (χ3n) is 9.72. The maximum absolute atomic E-state index is 14.4. The van der Waals surface area contributed by atoms with Gasteiger partial charge in [0.05, 0.1) is 25.2 Å². The third-order valence-corrected chi connectivity index (χ3v) is 9.72. The Kier molecular flexibility index (Phi) is 10.5. The maximum Gasteiger partial charge on any atom is 0.290 e. The molecule has 15 heteroatoms. The van der Waals surface area contributed by atoms with Gasteiger partial charge in [0.15, 0.2) is 5.76 Å². The first-order valence-corrected chi connectivity index (χ1v) is 18.0. The van der Waals surface area contributed by atoms with Crippen molar-refractivity contribution in [3.8, 4) is 5.75 Å². The van der Waals surface area contributed by atoms with Gasteiger partial charge in [-0.3, -0.25) is 23.9 Å². The number of furan rings is 1. The first-order chi connectivity index (χ1) is 25.7. The van der Waals surface area contributed by atoms with Crippen LogP contribution < -0.4 is 15.4 Å². The van der Waals surface area contributed by atoms with Gasteiger partial charge < -0.3 is 34.2 Å². The van der Waals surface area contributed by atoms with Crippen molar-refractivity contribution in [1.82, 2.24) is 44.7 Å². The number of benzene rings is 2. The molecule has 2 aliphatic heterocycles. The molecule has 2 aliphatic rings. The number of ether oxygens (including phenoxy) is 1. The Morgan fingerprint density at radius 1 is 0.981 bits per heavy atom. The standard InChI is InChI=1S/C38H43N9O6/c1-25-9-10-29-26(2)37(53-31(29)18-25)38(51)47-15-11-30-35-36(47)27-6-3-7-28(19-27)52-17-5-12-40-32(48)20-44(16-13-41-33(49)21-45(30)24-42-35)34(50)8-4-14-46-23-39-22-43-46/h3,6-7,9-10,18-19,22-24,36H,4-5,8,11-17,20-21H2,1-2H3,(H,40,48)(H,41,49). The fourth-order valence-electron chi connectivity index (χ4n) is 7.01. The maximum atomic E-state index is 14.4. The quantitative estimate of drug-likeness (QED) is 0.277. The van der Waals surface area contributed by atoms with E-state index in [-0.39, 0.29) is 62.0 Å². The van der Waals surface area contributed by atoms with E-state index in [0.29, 0.717) is 62.5 Å². The molecular formula is C38H43N9O6. The van der Waals surface area contributed by atoms with Crippen LogP contribution in [0.15, 0.2) is 65.9 Å². The molecule has 7 rings (SSSR count). The minimum atomic E-state index is -0.567. The van der Waals surface area contributed by atoms with Crippen LogP contribution in [0.25, 0.3) is 11.0 Å². The minimum Gasteiger partial charge on any atom is -0.494 e. The SMILES string of the molecule is Cc1ccc2c(C)c(C(=O)N3CCc4c5ncn4CC(=O)NCCN(C(=O)CCCn4cncn4)CC(=O)NCCCOc4cccc(c4)C53)oc2c1. The highest BCUT2D eigenvalue weighted by Crippen LogP contribution is 2.38. The topological polar surface area (TPSA) is 170 Å². The number of aryl methyl sites for hydroxylation is 3. The van der Waals surface area contributed by atoms with Crippen molar-refractivity contribution >= 4 is 34.6 Å². The van der Waals surface area contributed by atoms with Crippen molar-refractivity contribution in [2.45, 2.75) is 58.7 Å². The van der Waals surface area contributed by atoms with Gasteiger partial charge in [0.1, 0.15) is 36.6 Å². The second-order valence-electron chi connectivity index (χ2n) is 13.5. The van der Waals surface area contributed by atoms with Gasteiger partial charge in [-0.2, -0.15) is 5.10 Å². The van der Waals surface area contributed by atoms with Crippen LogP contribution in [-0.2, 0) is 33.9 Å². The van der Waals surface area contributed by atoms with Crippen LogP contribution in [0.5, 0.6) is 5.75 Å². The molecule has 0 saturated heterocycles. The Balaban J connectivity index is 1.13. The van der Waals surface area contributed by atoms with Gasteiger partial charge in [-0.05, 0) is 56.0 Å². The Morgan fingerprint density at radius 3 is 2.68 bits per heavy atom. The van der Waals surface area contributed by atoms with Crippen molar-refractivity contribution in [2.24, 2.45) is 0 Å². The number of aromatic nitrogens is 5. The highest BCUT2D eigenvalue weighted by Gasteiger charge is 2.38. The summed E-state index contributed by atoms with van der Waals surface area (Å²) in [5, 5.41) is 10.8. The molecule has 2 aromatic carbocycles. The van der Waals surface area contributed by atoms with Crippen LogP contribution in [0.4, 0.5) is 0 Å². The number of imidazole rings is 1. The summed E-state index contributed by atoms with van der Waals surface area (Å²) in [7, 11) is 0. The molecule has 0 fully saturated rings. The summed E-state index contributed by atoms with van der Waals surface area (Å²) < 4.78 is 15.8. The number of amides is 4. The predicted octanol–water partition coefficient (Wildman–Crippen LogP) is 2.95. The number of fused-ring (bicyclic) bond motifs is 4. The lowest BCUT2D eigenvalue weighted by Gasteiger charge is -2.35. The van der Waals surface area contributed by atoms with Gasteiger partial charge in [-0.15, -0.1) is 0 Å². The van der Waals surface area contributed by atoms with E-state index in [1.54, 1.807) is 22.2 Å². The van der Waals surface area contributed by atoms with Gasteiger partial charge in [0.2, 0.25) is 17.7 Å². The Morgan fingerprint density at radius 2 is 1.83 bits per heavy atom. The zero-order valence-electron chi connectivity index (χ0n) is 29.9. The van der Waals surface area contributed by atoms with E-state index in [1.165, 1.54) is 11.2 Å². The van der Waals surface area contributed by atoms with E-state index in [1.807, 2.05) is 60.9 Å². The Hall–Kier alpha value is -5.99. The number of hydrogen-bond donors (Lipinski definition) is 2. The van der Waals surface area contributed by atoms with Gasteiger partial charge in [0, 0.05) is 62.2 Å². The highest BCUT2D eigenvalue weighted by molar-refractivity contribution is 5.99. The number of carbonyl (C=O) groups is 4. The molecule has 6 bridgehead atoms. The van der Waals surface area contributed by atoms with Crippen LogP contribution >= 0.6 is 0 Å².